The first-order valence-corrected chi connectivity index (χ1v) is 10.9. The lowest BCUT2D eigenvalue weighted by Crippen LogP contribution is -2.37. The highest BCUT2D eigenvalue weighted by Gasteiger charge is 2.25. The van der Waals surface area contributed by atoms with Crippen molar-refractivity contribution in [2.24, 2.45) is 7.05 Å². The molecular weight excluding hydrogens is 455 g/mol. The fourth-order valence-electron chi connectivity index (χ4n) is 3.52. The van der Waals surface area contributed by atoms with Crippen molar-refractivity contribution in [2.45, 2.75) is 26.0 Å². The summed E-state index contributed by atoms with van der Waals surface area (Å²) in [6, 6.07) is 6.61. The van der Waals surface area contributed by atoms with Crippen molar-refractivity contribution < 1.29 is 14.3 Å². The summed E-state index contributed by atoms with van der Waals surface area (Å²) in [4.78, 5) is 27.5. The zero-order valence-electron chi connectivity index (χ0n) is 17.4. The number of carbonyl (C=O) groups is 2. The van der Waals surface area contributed by atoms with Gasteiger partial charge in [-0.2, -0.15) is 10.2 Å². The Bertz CT molecular complexity index is 1120. The highest BCUT2D eigenvalue weighted by Crippen LogP contribution is 2.32. The Kier molecular flexibility index (Phi) is 6.66. The van der Waals surface area contributed by atoms with E-state index in [1.807, 2.05) is 0 Å². The molecule has 3 heterocycles. The van der Waals surface area contributed by atoms with E-state index >= 15 is 0 Å². The molecule has 1 aromatic carbocycles. The first kappa shape index (κ1) is 22.2. The number of amides is 2. The highest BCUT2D eigenvalue weighted by molar-refractivity contribution is 6.37. The predicted molar refractivity (Wildman–Crippen MR) is 120 cm³/mol. The van der Waals surface area contributed by atoms with Gasteiger partial charge in [0.05, 0.1) is 21.9 Å². The van der Waals surface area contributed by atoms with Crippen molar-refractivity contribution in [1.29, 1.82) is 0 Å². The number of carbonyl (C=O) groups excluding carboxylic acids is 2. The smallest absolute Gasteiger partial charge is 0.276 e. The van der Waals surface area contributed by atoms with Crippen LogP contribution < -0.4 is 10.1 Å². The quantitative estimate of drug-likeness (QED) is 0.583. The van der Waals surface area contributed by atoms with E-state index in [9.17, 15) is 9.59 Å². The summed E-state index contributed by atoms with van der Waals surface area (Å²) in [6.07, 6.45) is 6.14. The van der Waals surface area contributed by atoms with Crippen LogP contribution in [0.5, 0.6) is 5.75 Å². The molecule has 1 aliphatic heterocycles. The summed E-state index contributed by atoms with van der Waals surface area (Å²) in [5.74, 6) is -0.260. The highest BCUT2D eigenvalue weighted by atomic mass is 35.5. The SMILES string of the molecule is Cn1ncc(NC(=O)c2ccn(COc3c(Cl)cccc3Cl)n2)c1C(=O)N1CCCCC1. The Morgan fingerprint density at radius 2 is 1.84 bits per heavy atom. The van der Waals surface area contributed by atoms with Crippen molar-refractivity contribution in [3.63, 3.8) is 0 Å². The summed E-state index contributed by atoms with van der Waals surface area (Å²) in [6.45, 7) is 1.43. The predicted octanol–water partition coefficient (Wildman–Crippen LogP) is 3.84. The molecule has 2 aromatic heterocycles. The van der Waals surface area contributed by atoms with Crippen LogP contribution in [0.25, 0.3) is 0 Å². The van der Waals surface area contributed by atoms with E-state index in [0.29, 0.717) is 40.3 Å². The summed E-state index contributed by atoms with van der Waals surface area (Å²) in [5.41, 5.74) is 0.859. The monoisotopic (exact) mass is 476 g/mol. The average molecular weight is 477 g/mol. The van der Waals surface area contributed by atoms with Crippen LogP contribution in [0, 0.1) is 0 Å². The van der Waals surface area contributed by atoms with E-state index in [4.69, 9.17) is 27.9 Å². The lowest BCUT2D eigenvalue weighted by atomic mass is 10.1. The minimum absolute atomic E-state index is 0.0162. The molecule has 168 valence electrons. The van der Waals surface area contributed by atoms with Gasteiger partial charge in [0.15, 0.2) is 18.2 Å². The Morgan fingerprint density at radius 3 is 2.56 bits per heavy atom. The van der Waals surface area contributed by atoms with Gasteiger partial charge in [0.1, 0.15) is 5.69 Å². The van der Waals surface area contributed by atoms with E-state index in [1.165, 1.54) is 15.6 Å². The van der Waals surface area contributed by atoms with Crippen LogP contribution in [0.3, 0.4) is 0 Å². The third-order valence-electron chi connectivity index (χ3n) is 5.17. The fraction of sp³-hybridized carbons (Fsp3) is 0.333. The number of rotatable bonds is 6. The van der Waals surface area contributed by atoms with Gasteiger partial charge in [-0.1, -0.05) is 29.3 Å². The van der Waals surface area contributed by atoms with Crippen molar-refractivity contribution >= 4 is 40.7 Å². The van der Waals surface area contributed by atoms with Crippen molar-refractivity contribution in [1.82, 2.24) is 24.5 Å². The zero-order chi connectivity index (χ0) is 22.7. The number of hydrogen-bond acceptors (Lipinski definition) is 5. The largest absolute Gasteiger partial charge is 0.468 e. The maximum absolute atomic E-state index is 13.0. The van der Waals surface area contributed by atoms with E-state index < -0.39 is 5.91 Å². The molecule has 1 saturated heterocycles. The third kappa shape index (κ3) is 4.73. The summed E-state index contributed by atoms with van der Waals surface area (Å²) >= 11 is 12.2. The van der Waals surface area contributed by atoms with E-state index in [0.717, 1.165) is 19.3 Å². The molecule has 32 heavy (non-hydrogen) atoms. The molecule has 1 N–H and O–H groups in total. The number of para-hydroxylation sites is 1. The molecule has 0 spiro atoms. The van der Waals surface area contributed by atoms with Crippen molar-refractivity contribution in [3.05, 3.63) is 58.1 Å². The van der Waals surface area contributed by atoms with Gasteiger partial charge in [-0.25, -0.2) is 4.68 Å². The van der Waals surface area contributed by atoms with Gasteiger partial charge >= 0.3 is 0 Å². The minimum atomic E-state index is -0.458. The van der Waals surface area contributed by atoms with Gasteiger partial charge < -0.3 is 15.0 Å². The zero-order valence-corrected chi connectivity index (χ0v) is 18.9. The first-order chi connectivity index (χ1) is 15.4. The molecule has 11 heteroatoms. The average Bonchev–Trinajstić information content (AvgIpc) is 3.40. The van der Waals surface area contributed by atoms with E-state index in [1.54, 1.807) is 42.4 Å². The number of ether oxygens (including phenoxy) is 1. The Hall–Kier alpha value is -3.04. The Labute approximate surface area is 194 Å². The molecular formula is C21H22Cl2N6O3. The molecule has 0 aliphatic carbocycles. The van der Waals surface area contributed by atoms with Gasteiger partial charge in [-0.15, -0.1) is 0 Å². The second kappa shape index (κ2) is 9.62. The molecule has 0 atom stereocenters. The van der Waals surface area contributed by atoms with Gasteiger partial charge in [-0.3, -0.25) is 14.3 Å². The summed E-state index contributed by atoms with van der Waals surface area (Å²) in [5, 5.41) is 11.9. The number of likely N-dealkylation sites (tertiary alicyclic amines) is 1. The Balaban J connectivity index is 1.43. The molecule has 0 bridgehead atoms. The molecule has 1 fully saturated rings. The minimum Gasteiger partial charge on any atom is -0.468 e. The molecule has 1 aliphatic rings. The van der Waals surface area contributed by atoms with Crippen LogP contribution in [0.2, 0.25) is 10.0 Å². The van der Waals surface area contributed by atoms with Gasteiger partial charge in [0.2, 0.25) is 0 Å². The van der Waals surface area contributed by atoms with Crippen LogP contribution in [0.15, 0.2) is 36.7 Å². The fourth-order valence-corrected chi connectivity index (χ4v) is 4.03. The van der Waals surface area contributed by atoms with Gasteiger partial charge in [-0.05, 0) is 37.5 Å². The number of nitrogens with one attached hydrogen (secondary N) is 1. The Morgan fingerprint density at radius 1 is 1.12 bits per heavy atom. The standard InChI is InChI=1S/C21H22Cl2N6O3/c1-27-18(21(31)28-9-3-2-4-10-28)17(12-24-27)25-20(30)16-8-11-29(26-16)13-32-19-14(22)6-5-7-15(19)23/h5-8,11-12H,2-4,9-10,13H2,1H3,(H,25,30). The number of piperidine rings is 1. The number of halogens is 2. The summed E-state index contributed by atoms with van der Waals surface area (Å²) in [7, 11) is 1.68. The molecule has 4 rings (SSSR count). The van der Waals surface area contributed by atoms with Crippen molar-refractivity contribution in [3.8, 4) is 5.75 Å². The maximum Gasteiger partial charge on any atom is 0.276 e. The van der Waals surface area contributed by atoms with Gasteiger partial charge in [0, 0.05) is 26.3 Å². The second-order valence-corrected chi connectivity index (χ2v) is 8.22. The lowest BCUT2D eigenvalue weighted by Gasteiger charge is -2.27. The van der Waals surface area contributed by atoms with E-state index in [2.05, 4.69) is 15.5 Å². The summed E-state index contributed by atoms with van der Waals surface area (Å²) < 4.78 is 8.55. The molecule has 0 saturated carbocycles. The van der Waals surface area contributed by atoms with Gasteiger partial charge in [0.25, 0.3) is 11.8 Å². The number of nitrogens with zero attached hydrogens (tertiary/aromatic N) is 5. The third-order valence-corrected chi connectivity index (χ3v) is 5.76. The topological polar surface area (TPSA) is 94.3 Å². The van der Waals surface area contributed by atoms with Crippen LogP contribution in [-0.4, -0.2) is 49.4 Å². The number of benzene rings is 1. The van der Waals surface area contributed by atoms with Crippen LogP contribution in [0.1, 0.15) is 40.2 Å². The molecule has 3 aromatic rings. The second-order valence-electron chi connectivity index (χ2n) is 7.40. The molecule has 0 radical (unpaired) electrons. The lowest BCUT2D eigenvalue weighted by molar-refractivity contribution is 0.0714. The molecule has 2 amide bonds. The number of hydrogen-bond donors (Lipinski definition) is 1. The normalized spacial score (nSPS) is 13.8. The van der Waals surface area contributed by atoms with Crippen LogP contribution >= 0.6 is 23.2 Å². The first-order valence-electron chi connectivity index (χ1n) is 10.2. The van der Waals surface area contributed by atoms with Crippen LogP contribution in [-0.2, 0) is 13.8 Å². The molecule has 9 nitrogen and oxygen atoms in total. The molecule has 0 unspecified atom stereocenters. The maximum atomic E-state index is 13.0. The number of aromatic nitrogens is 4. The van der Waals surface area contributed by atoms with Crippen molar-refractivity contribution in [2.75, 3.05) is 18.4 Å². The van der Waals surface area contributed by atoms with Crippen LogP contribution in [0.4, 0.5) is 5.69 Å². The number of aryl methyl sites for hydroxylation is 1. The van der Waals surface area contributed by atoms with E-state index in [-0.39, 0.29) is 18.3 Å². The number of anilines is 1.